The molecule has 0 spiro atoms. The molecule has 1 aliphatic rings. The van der Waals surface area contributed by atoms with Crippen LogP contribution in [-0.2, 0) is 4.74 Å². The quantitative estimate of drug-likeness (QED) is 0.751. The third-order valence-corrected chi connectivity index (χ3v) is 3.48. The van der Waals surface area contributed by atoms with Crippen LogP contribution in [0.3, 0.4) is 0 Å². The smallest absolute Gasteiger partial charge is 0.239 e. The van der Waals surface area contributed by atoms with E-state index in [-0.39, 0.29) is 0 Å². The van der Waals surface area contributed by atoms with E-state index in [0.717, 1.165) is 12.4 Å². The molecule has 0 atom stereocenters. The van der Waals surface area contributed by atoms with Crippen molar-refractivity contribution in [2.75, 3.05) is 30.8 Å². The number of anilines is 2. The number of nitrogen functional groups attached to an aromatic ring is 1. The van der Waals surface area contributed by atoms with E-state index in [2.05, 4.69) is 10.3 Å². The first kappa shape index (κ1) is 14.9. The number of nitrogens with zero attached hydrogens (tertiary/aromatic N) is 1. The van der Waals surface area contributed by atoms with Crippen molar-refractivity contribution in [3.63, 3.8) is 0 Å². The van der Waals surface area contributed by atoms with Crippen molar-refractivity contribution in [2.45, 2.75) is 45.1 Å². The van der Waals surface area contributed by atoms with Gasteiger partial charge in [0.2, 0.25) is 5.88 Å². The molecule has 1 aromatic heterocycles. The van der Waals surface area contributed by atoms with Gasteiger partial charge in [-0.2, -0.15) is 4.98 Å². The summed E-state index contributed by atoms with van der Waals surface area (Å²) in [5.41, 5.74) is 6.35. The number of pyridine rings is 1. The van der Waals surface area contributed by atoms with Crippen LogP contribution in [0.15, 0.2) is 12.1 Å². The minimum atomic E-state index is 0.448. The Morgan fingerprint density at radius 3 is 2.85 bits per heavy atom. The molecule has 0 radical (unpaired) electrons. The van der Waals surface area contributed by atoms with E-state index in [4.69, 9.17) is 15.2 Å². The second-order valence-electron chi connectivity index (χ2n) is 5.08. The molecule has 0 saturated heterocycles. The lowest BCUT2D eigenvalue weighted by molar-refractivity contribution is 0.0347. The number of ether oxygens (including phenoxy) is 2. The summed E-state index contributed by atoms with van der Waals surface area (Å²) >= 11 is 0. The highest BCUT2D eigenvalue weighted by molar-refractivity contribution is 5.53. The van der Waals surface area contributed by atoms with E-state index < -0.39 is 0 Å². The molecule has 1 heterocycles. The summed E-state index contributed by atoms with van der Waals surface area (Å²) in [7, 11) is 0. The zero-order valence-electron chi connectivity index (χ0n) is 12.2. The van der Waals surface area contributed by atoms with Crippen molar-refractivity contribution in [2.24, 2.45) is 0 Å². The van der Waals surface area contributed by atoms with E-state index in [1.54, 1.807) is 0 Å². The van der Waals surface area contributed by atoms with Crippen LogP contribution in [0.5, 0.6) is 5.88 Å². The zero-order valence-corrected chi connectivity index (χ0v) is 12.2. The third kappa shape index (κ3) is 4.56. The van der Waals surface area contributed by atoms with E-state index in [1.807, 2.05) is 19.1 Å². The van der Waals surface area contributed by atoms with Crippen LogP contribution in [0.25, 0.3) is 0 Å². The number of nitrogens with one attached hydrogen (secondary N) is 1. The third-order valence-electron chi connectivity index (χ3n) is 3.48. The number of rotatable bonds is 7. The summed E-state index contributed by atoms with van der Waals surface area (Å²) < 4.78 is 11.2. The lowest BCUT2D eigenvalue weighted by Crippen LogP contribution is -2.20. The fourth-order valence-electron chi connectivity index (χ4n) is 2.44. The predicted molar refractivity (Wildman–Crippen MR) is 81.1 cm³/mol. The maximum absolute atomic E-state index is 5.86. The van der Waals surface area contributed by atoms with Crippen LogP contribution in [0.1, 0.15) is 39.0 Å². The molecule has 0 amide bonds. The Hall–Kier alpha value is -1.49. The minimum Gasteiger partial charge on any atom is -0.476 e. The van der Waals surface area contributed by atoms with Gasteiger partial charge in [-0.15, -0.1) is 0 Å². The van der Waals surface area contributed by atoms with Crippen LogP contribution in [0.2, 0.25) is 0 Å². The summed E-state index contributed by atoms with van der Waals surface area (Å²) in [5.74, 6) is 1.26. The zero-order chi connectivity index (χ0) is 14.2. The van der Waals surface area contributed by atoms with Crippen molar-refractivity contribution in [1.29, 1.82) is 0 Å². The standard InChI is InChI=1S/C15H25N3O2/c1-2-19-15-13(16)8-9-14(18-15)17-10-11-20-12-6-4-3-5-7-12/h8-9,12H,2-7,10-11,16H2,1H3,(H,17,18). The van der Waals surface area contributed by atoms with Gasteiger partial charge >= 0.3 is 0 Å². The second-order valence-corrected chi connectivity index (χ2v) is 5.08. The number of nitrogens with two attached hydrogens (primary N) is 1. The maximum Gasteiger partial charge on any atom is 0.239 e. The van der Waals surface area contributed by atoms with Crippen LogP contribution < -0.4 is 15.8 Å². The topological polar surface area (TPSA) is 69.4 Å². The van der Waals surface area contributed by atoms with Crippen LogP contribution >= 0.6 is 0 Å². The second kappa shape index (κ2) is 7.94. The Labute approximate surface area is 120 Å². The fourth-order valence-corrected chi connectivity index (χ4v) is 2.44. The van der Waals surface area contributed by atoms with Gasteiger partial charge in [-0.1, -0.05) is 19.3 Å². The van der Waals surface area contributed by atoms with Crippen molar-refractivity contribution < 1.29 is 9.47 Å². The average molecular weight is 279 g/mol. The summed E-state index contributed by atoms with van der Waals surface area (Å²) in [5, 5.41) is 3.24. The molecule has 0 aromatic carbocycles. The highest BCUT2D eigenvalue weighted by Gasteiger charge is 2.13. The molecule has 1 aliphatic carbocycles. The van der Waals surface area contributed by atoms with Crippen molar-refractivity contribution in [3.05, 3.63) is 12.1 Å². The van der Waals surface area contributed by atoms with Gasteiger partial charge in [0.05, 0.1) is 25.0 Å². The molecular weight excluding hydrogens is 254 g/mol. The van der Waals surface area contributed by atoms with E-state index in [0.29, 0.717) is 30.9 Å². The van der Waals surface area contributed by atoms with Crippen molar-refractivity contribution in [3.8, 4) is 5.88 Å². The van der Waals surface area contributed by atoms with Crippen molar-refractivity contribution >= 4 is 11.5 Å². The van der Waals surface area contributed by atoms with Gasteiger partial charge in [-0.25, -0.2) is 0 Å². The first-order chi connectivity index (χ1) is 9.79. The molecule has 20 heavy (non-hydrogen) atoms. The van der Waals surface area contributed by atoms with E-state index in [9.17, 15) is 0 Å². The largest absolute Gasteiger partial charge is 0.476 e. The normalized spacial score (nSPS) is 16.1. The van der Waals surface area contributed by atoms with Gasteiger partial charge in [0.25, 0.3) is 0 Å². The molecule has 0 bridgehead atoms. The Kier molecular flexibility index (Phi) is 5.92. The predicted octanol–water partition coefficient (Wildman–Crippen LogP) is 2.82. The Bertz CT molecular complexity index is 406. The van der Waals surface area contributed by atoms with Gasteiger partial charge in [0.1, 0.15) is 5.82 Å². The molecule has 1 aromatic rings. The number of aromatic nitrogens is 1. The molecule has 0 unspecified atom stereocenters. The van der Waals surface area contributed by atoms with Gasteiger partial charge < -0.3 is 20.5 Å². The molecule has 3 N–H and O–H groups in total. The average Bonchev–Trinajstić information content (AvgIpc) is 2.48. The molecule has 1 saturated carbocycles. The van der Waals surface area contributed by atoms with Gasteiger partial charge in [-0.05, 0) is 31.9 Å². The SMILES string of the molecule is CCOc1nc(NCCOC2CCCCC2)ccc1N. The summed E-state index contributed by atoms with van der Waals surface area (Å²) in [6.07, 6.45) is 6.81. The minimum absolute atomic E-state index is 0.448. The number of hydrogen-bond acceptors (Lipinski definition) is 5. The van der Waals surface area contributed by atoms with E-state index >= 15 is 0 Å². The Morgan fingerprint density at radius 2 is 2.10 bits per heavy atom. The molecule has 1 fully saturated rings. The highest BCUT2D eigenvalue weighted by Crippen LogP contribution is 2.21. The van der Waals surface area contributed by atoms with Gasteiger partial charge in [-0.3, -0.25) is 0 Å². The van der Waals surface area contributed by atoms with Crippen molar-refractivity contribution in [1.82, 2.24) is 4.98 Å². The van der Waals surface area contributed by atoms with Crippen LogP contribution in [-0.4, -0.2) is 30.8 Å². The van der Waals surface area contributed by atoms with Crippen LogP contribution in [0.4, 0.5) is 11.5 Å². The molecule has 112 valence electrons. The highest BCUT2D eigenvalue weighted by atomic mass is 16.5. The molecule has 0 aliphatic heterocycles. The summed E-state index contributed by atoms with van der Waals surface area (Å²) in [4.78, 5) is 4.33. The monoisotopic (exact) mass is 279 g/mol. The molecule has 5 nitrogen and oxygen atoms in total. The Balaban J connectivity index is 1.71. The maximum atomic E-state index is 5.86. The first-order valence-electron chi connectivity index (χ1n) is 7.54. The fraction of sp³-hybridized carbons (Fsp3) is 0.667. The molecular formula is C15H25N3O2. The summed E-state index contributed by atoms with van der Waals surface area (Å²) in [6, 6.07) is 3.67. The van der Waals surface area contributed by atoms with Crippen LogP contribution in [0, 0.1) is 0 Å². The molecule has 5 heteroatoms. The van der Waals surface area contributed by atoms with E-state index in [1.165, 1.54) is 32.1 Å². The molecule has 2 rings (SSSR count). The Morgan fingerprint density at radius 1 is 1.30 bits per heavy atom. The van der Waals surface area contributed by atoms with Gasteiger partial charge in [0.15, 0.2) is 0 Å². The van der Waals surface area contributed by atoms with Gasteiger partial charge in [0, 0.05) is 6.54 Å². The number of hydrogen-bond donors (Lipinski definition) is 2. The lowest BCUT2D eigenvalue weighted by Gasteiger charge is -2.22. The lowest BCUT2D eigenvalue weighted by atomic mass is 9.98. The first-order valence-corrected chi connectivity index (χ1v) is 7.54. The summed E-state index contributed by atoms with van der Waals surface area (Å²) in [6.45, 7) is 3.93.